The lowest BCUT2D eigenvalue weighted by Gasteiger charge is -2.14. The predicted octanol–water partition coefficient (Wildman–Crippen LogP) is 2.48. The van der Waals surface area contributed by atoms with Gasteiger partial charge in [-0.1, -0.05) is 12.0 Å². The molecule has 15 heavy (non-hydrogen) atoms. The molecule has 1 aromatic rings. The summed E-state index contributed by atoms with van der Waals surface area (Å²) in [6, 6.07) is 1.03. The minimum Gasteiger partial charge on any atom is -0.314 e. The summed E-state index contributed by atoms with van der Waals surface area (Å²) in [5, 5.41) is 0. The molecule has 1 rings (SSSR count). The van der Waals surface area contributed by atoms with Gasteiger partial charge in [0, 0.05) is 0 Å². The van der Waals surface area contributed by atoms with Crippen LogP contribution in [-0.2, 0) is 6.18 Å². The van der Waals surface area contributed by atoms with Crippen LogP contribution < -0.4 is 5.73 Å². The van der Waals surface area contributed by atoms with Crippen LogP contribution in [0.2, 0.25) is 0 Å². The SMILES string of the molecule is C#CC(N)c1ccc(F)cc1C(F)(F)F. The van der Waals surface area contributed by atoms with E-state index in [4.69, 9.17) is 12.2 Å². The zero-order chi connectivity index (χ0) is 11.6. The zero-order valence-corrected chi connectivity index (χ0v) is 7.48. The summed E-state index contributed by atoms with van der Waals surface area (Å²) in [6.07, 6.45) is 0.257. The molecule has 0 radical (unpaired) electrons. The fourth-order valence-electron chi connectivity index (χ4n) is 1.13. The molecule has 0 amide bonds. The van der Waals surface area contributed by atoms with Gasteiger partial charge in [-0.05, 0) is 17.7 Å². The lowest BCUT2D eigenvalue weighted by Crippen LogP contribution is -2.16. The van der Waals surface area contributed by atoms with Gasteiger partial charge in [-0.2, -0.15) is 13.2 Å². The van der Waals surface area contributed by atoms with Gasteiger partial charge in [0.25, 0.3) is 0 Å². The summed E-state index contributed by atoms with van der Waals surface area (Å²) in [6.45, 7) is 0. The van der Waals surface area contributed by atoms with E-state index in [9.17, 15) is 17.6 Å². The third-order valence-corrected chi connectivity index (χ3v) is 1.84. The molecule has 0 aliphatic rings. The van der Waals surface area contributed by atoms with Crippen LogP contribution in [0.3, 0.4) is 0 Å². The van der Waals surface area contributed by atoms with Crippen LogP contribution in [-0.4, -0.2) is 0 Å². The second kappa shape index (κ2) is 3.91. The van der Waals surface area contributed by atoms with Crippen molar-refractivity contribution in [1.82, 2.24) is 0 Å². The molecule has 2 N–H and O–H groups in total. The van der Waals surface area contributed by atoms with E-state index in [1.807, 2.05) is 5.92 Å². The third kappa shape index (κ3) is 2.48. The van der Waals surface area contributed by atoms with Gasteiger partial charge in [0.05, 0.1) is 11.6 Å². The Bertz CT molecular complexity index is 403. The van der Waals surface area contributed by atoms with Crippen LogP contribution in [0, 0.1) is 18.2 Å². The van der Waals surface area contributed by atoms with Crippen molar-refractivity contribution in [1.29, 1.82) is 0 Å². The summed E-state index contributed by atoms with van der Waals surface area (Å²) in [7, 11) is 0. The molecular weight excluding hydrogens is 210 g/mol. The first kappa shape index (κ1) is 11.5. The second-order valence-electron chi connectivity index (χ2n) is 2.87. The van der Waals surface area contributed by atoms with Gasteiger partial charge in [0.15, 0.2) is 0 Å². The van der Waals surface area contributed by atoms with Crippen LogP contribution in [0.1, 0.15) is 17.2 Å². The summed E-state index contributed by atoms with van der Waals surface area (Å²) < 4.78 is 50.0. The Balaban J connectivity index is 3.35. The second-order valence-corrected chi connectivity index (χ2v) is 2.87. The molecule has 0 aromatic heterocycles. The number of hydrogen-bond donors (Lipinski definition) is 1. The number of terminal acetylenes is 1. The van der Waals surface area contributed by atoms with Crippen molar-refractivity contribution in [3.8, 4) is 12.3 Å². The van der Waals surface area contributed by atoms with E-state index < -0.39 is 23.6 Å². The number of nitrogens with two attached hydrogens (primary N) is 1. The molecule has 1 aromatic carbocycles. The number of alkyl halides is 3. The van der Waals surface area contributed by atoms with E-state index in [-0.39, 0.29) is 5.56 Å². The minimum absolute atomic E-state index is 0.300. The molecule has 1 unspecified atom stereocenters. The molecule has 0 saturated heterocycles. The van der Waals surface area contributed by atoms with Crippen molar-refractivity contribution < 1.29 is 17.6 Å². The molecular formula is C10H7F4N. The van der Waals surface area contributed by atoms with Crippen LogP contribution >= 0.6 is 0 Å². The van der Waals surface area contributed by atoms with Crippen molar-refractivity contribution in [3.63, 3.8) is 0 Å². The lowest BCUT2D eigenvalue weighted by atomic mass is 10.0. The van der Waals surface area contributed by atoms with Crippen molar-refractivity contribution in [2.75, 3.05) is 0 Å². The summed E-state index contributed by atoms with van der Waals surface area (Å²) in [4.78, 5) is 0. The van der Waals surface area contributed by atoms with Crippen LogP contribution in [0.15, 0.2) is 18.2 Å². The molecule has 0 aliphatic carbocycles. The van der Waals surface area contributed by atoms with Crippen molar-refractivity contribution in [3.05, 3.63) is 35.1 Å². The maximum atomic E-state index is 12.7. The smallest absolute Gasteiger partial charge is 0.314 e. The van der Waals surface area contributed by atoms with Crippen molar-refractivity contribution in [2.45, 2.75) is 12.2 Å². The zero-order valence-electron chi connectivity index (χ0n) is 7.48. The molecule has 1 atom stereocenters. The Morgan fingerprint density at radius 3 is 2.40 bits per heavy atom. The Morgan fingerprint density at radius 2 is 1.93 bits per heavy atom. The van der Waals surface area contributed by atoms with E-state index in [2.05, 4.69) is 0 Å². The Morgan fingerprint density at radius 1 is 1.33 bits per heavy atom. The predicted molar refractivity (Wildman–Crippen MR) is 47.2 cm³/mol. The molecule has 80 valence electrons. The standard InChI is InChI=1S/C10H7F4N/c1-2-9(15)7-4-3-6(11)5-8(7)10(12,13)14/h1,3-5,9H,15H2. The highest BCUT2D eigenvalue weighted by Gasteiger charge is 2.34. The number of hydrogen-bond acceptors (Lipinski definition) is 1. The fraction of sp³-hybridized carbons (Fsp3) is 0.200. The first-order valence-corrected chi connectivity index (χ1v) is 3.94. The van der Waals surface area contributed by atoms with Crippen molar-refractivity contribution in [2.24, 2.45) is 5.73 Å². The van der Waals surface area contributed by atoms with Gasteiger partial charge in [-0.15, -0.1) is 6.42 Å². The van der Waals surface area contributed by atoms with E-state index in [0.717, 1.165) is 12.1 Å². The summed E-state index contributed by atoms with van der Waals surface area (Å²) >= 11 is 0. The molecule has 0 saturated carbocycles. The summed E-state index contributed by atoms with van der Waals surface area (Å²) in [5.41, 5.74) is 3.85. The van der Waals surface area contributed by atoms with Crippen molar-refractivity contribution >= 4 is 0 Å². The normalized spacial score (nSPS) is 13.3. The van der Waals surface area contributed by atoms with Crippen LogP contribution in [0.4, 0.5) is 17.6 Å². The number of halogens is 4. The van der Waals surface area contributed by atoms with Gasteiger partial charge in [-0.25, -0.2) is 4.39 Å². The number of benzene rings is 1. The molecule has 0 aliphatic heterocycles. The van der Waals surface area contributed by atoms with Gasteiger partial charge < -0.3 is 5.73 Å². The first-order valence-electron chi connectivity index (χ1n) is 3.94. The Hall–Kier alpha value is -1.54. The van der Waals surface area contributed by atoms with Gasteiger partial charge in [-0.3, -0.25) is 0 Å². The lowest BCUT2D eigenvalue weighted by molar-refractivity contribution is -0.138. The highest BCUT2D eigenvalue weighted by atomic mass is 19.4. The highest BCUT2D eigenvalue weighted by molar-refractivity contribution is 5.36. The molecule has 5 heteroatoms. The Labute approximate surface area is 83.9 Å². The molecule has 0 bridgehead atoms. The van der Waals surface area contributed by atoms with E-state index in [0.29, 0.717) is 6.07 Å². The third-order valence-electron chi connectivity index (χ3n) is 1.84. The maximum Gasteiger partial charge on any atom is 0.416 e. The molecule has 0 fully saturated rings. The average molecular weight is 217 g/mol. The Kier molecular flexibility index (Phi) is 3.01. The van der Waals surface area contributed by atoms with Crippen LogP contribution in [0.5, 0.6) is 0 Å². The highest BCUT2D eigenvalue weighted by Crippen LogP contribution is 2.34. The quantitative estimate of drug-likeness (QED) is 0.567. The van der Waals surface area contributed by atoms with E-state index in [1.54, 1.807) is 0 Å². The largest absolute Gasteiger partial charge is 0.416 e. The minimum atomic E-state index is -4.66. The van der Waals surface area contributed by atoms with Gasteiger partial charge >= 0.3 is 6.18 Å². The van der Waals surface area contributed by atoms with E-state index in [1.165, 1.54) is 0 Å². The van der Waals surface area contributed by atoms with E-state index >= 15 is 0 Å². The van der Waals surface area contributed by atoms with Gasteiger partial charge in [0.1, 0.15) is 5.82 Å². The molecule has 0 heterocycles. The average Bonchev–Trinajstić information content (AvgIpc) is 2.15. The molecule has 1 nitrogen and oxygen atoms in total. The van der Waals surface area contributed by atoms with Gasteiger partial charge in [0.2, 0.25) is 0 Å². The monoisotopic (exact) mass is 217 g/mol. The van der Waals surface area contributed by atoms with Crippen LogP contribution in [0.25, 0.3) is 0 Å². The topological polar surface area (TPSA) is 26.0 Å². The summed E-state index contributed by atoms with van der Waals surface area (Å²) in [5.74, 6) is 0.992. The molecule has 0 spiro atoms. The number of rotatable bonds is 1. The fourth-order valence-corrected chi connectivity index (χ4v) is 1.13. The first-order chi connectivity index (χ1) is 6.86. The maximum absolute atomic E-state index is 12.7.